The molecule has 0 radical (unpaired) electrons. The maximum Gasteiger partial charge on any atom is 0.296 e. The Morgan fingerprint density at radius 3 is 2.75 bits per heavy atom. The smallest absolute Gasteiger partial charge is 0.296 e. The molecule has 0 bridgehead atoms. The summed E-state index contributed by atoms with van der Waals surface area (Å²) in [4.78, 5) is 1.93. The van der Waals surface area contributed by atoms with Crippen LogP contribution in [0.5, 0.6) is 0 Å². The van der Waals surface area contributed by atoms with Gasteiger partial charge >= 0.3 is 0 Å². The van der Waals surface area contributed by atoms with Gasteiger partial charge in [0, 0.05) is 13.1 Å². The number of fused-ring (bicyclic) bond motifs is 1. The Hall–Kier alpha value is -1.07. The molecule has 2 rings (SSSR count). The van der Waals surface area contributed by atoms with Crippen molar-refractivity contribution >= 4 is 15.8 Å². The van der Waals surface area contributed by atoms with Crippen LogP contribution >= 0.6 is 0 Å². The number of rotatable bonds is 1. The number of para-hydroxylation sites is 1. The predicted molar refractivity (Wildman–Crippen MR) is 62.4 cm³/mol. The molecule has 5 heteroatoms. The third kappa shape index (κ3) is 1.81. The van der Waals surface area contributed by atoms with E-state index in [1.165, 1.54) is 6.07 Å². The molecule has 88 valence electrons. The minimum Gasteiger partial charge on any atom is -0.371 e. The minimum atomic E-state index is -4.14. The number of hydrogen-bond donors (Lipinski definition) is 1. The van der Waals surface area contributed by atoms with E-state index in [1.807, 2.05) is 24.9 Å². The first kappa shape index (κ1) is 11.4. The van der Waals surface area contributed by atoms with E-state index in [2.05, 4.69) is 0 Å². The van der Waals surface area contributed by atoms with E-state index in [0.29, 0.717) is 5.69 Å². The highest BCUT2D eigenvalue weighted by atomic mass is 32.2. The maximum atomic E-state index is 11.3. The highest BCUT2D eigenvalue weighted by Crippen LogP contribution is 2.34. The van der Waals surface area contributed by atoms with E-state index >= 15 is 0 Å². The molecule has 1 aliphatic rings. The summed E-state index contributed by atoms with van der Waals surface area (Å²) in [6.07, 6.45) is 1.85. The van der Waals surface area contributed by atoms with E-state index in [4.69, 9.17) is 0 Å². The van der Waals surface area contributed by atoms with Crippen molar-refractivity contribution < 1.29 is 13.0 Å². The molecule has 1 aromatic rings. The van der Waals surface area contributed by atoms with E-state index in [1.54, 1.807) is 6.07 Å². The van der Waals surface area contributed by atoms with Crippen molar-refractivity contribution in [1.29, 1.82) is 0 Å². The maximum absolute atomic E-state index is 11.3. The van der Waals surface area contributed by atoms with Gasteiger partial charge in [0.15, 0.2) is 0 Å². The summed E-state index contributed by atoms with van der Waals surface area (Å²) < 4.78 is 31.8. The fraction of sp³-hybridized carbons (Fsp3) is 0.455. The highest BCUT2D eigenvalue weighted by Gasteiger charge is 2.26. The molecule has 0 spiro atoms. The average molecular weight is 241 g/mol. The second kappa shape index (κ2) is 3.75. The molecule has 1 aliphatic heterocycles. The first-order chi connectivity index (χ1) is 7.41. The SMILES string of the molecule is CC1CCc2cccc(S(=O)(=O)O)c2N1C. The first-order valence-electron chi connectivity index (χ1n) is 5.23. The monoisotopic (exact) mass is 241 g/mol. The summed E-state index contributed by atoms with van der Waals surface area (Å²) in [5.41, 5.74) is 1.62. The van der Waals surface area contributed by atoms with Crippen molar-refractivity contribution in [2.45, 2.75) is 30.7 Å². The van der Waals surface area contributed by atoms with Gasteiger partial charge in [0.2, 0.25) is 0 Å². The van der Waals surface area contributed by atoms with Crippen LogP contribution in [0.2, 0.25) is 0 Å². The molecule has 1 N–H and O–H groups in total. The van der Waals surface area contributed by atoms with Crippen molar-refractivity contribution in [1.82, 2.24) is 0 Å². The zero-order valence-corrected chi connectivity index (χ0v) is 10.2. The molecular weight excluding hydrogens is 226 g/mol. The number of hydrogen-bond acceptors (Lipinski definition) is 3. The molecule has 4 nitrogen and oxygen atoms in total. The predicted octanol–water partition coefficient (Wildman–Crippen LogP) is 1.70. The molecule has 0 fully saturated rings. The normalized spacial score (nSPS) is 20.7. The van der Waals surface area contributed by atoms with Gasteiger partial charge in [0.1, 0.15) is 4.90 Å². The minimum absolute atomic E-state index is 0.0130. The summed E-state index contributed by atoms with van der Waals surface area (Å²) in [5.74, 6) is 0. The fourth-order valence-corrected chi connectivity index (χ4v) is 2.93. The van der Waals surface area contributed by atoms with Crippen molar-refractivity contribution in [3.63, 3.8) is 0 Å². The molecule has 16 heavy (non-hydrogen) atoms. The lowest BCUT2D eigenvalue weighted by atomic mass is 9.97. The summed E-state index contributed by atoms with van der Waals surface area (Å²) >= 11 is 0. The van der Waals surface area contributed by atoms with Crippen LogP contribution in [0.25, 0.3) is 0 Å². The van der Waals surface area contributed by atoms with Gasteiger partial charge in [-0.3, -0.25) is 4.55 Å². The standard InChI is InChI=1S/C11H15NO3S/c1-8-6-7-9-4-3-5-10(16(13,14)15)11(9)12(8)2/h3-5,8H,6-7H2,1-2H3,(H,13,14,15). The average Bonchev–Trinajstić information content (AvgIpc) is 2.21. The van der Waals surface area contributed by atoms with Crippen molar-refractivity contribution in [2.24, 2.45) is 0 Å². The van der Waals surface area contributed by atoms with Crippen LogP contribution in [0.3, 0.4) is 0 Å². The number of anilines is 1. The van der Waals surface area contributed by atoms with Crippen LogP contribution in [0.4, 0.5) is 5.69 Å². The van der Waals surface area contributed by atoms with Crippen LogP contribution in [0.15, 0.2) is 23.1 Å². The third-order valence-corrected chi connectivity index (χ3v) is 4.09. The Kier molecular flexibility index (Phi) is 2.67. The largest absolute Gasteiger partial charge is 0.371 e. The number of nitrogens with zero attached hydrogens (tertiary/aromatic N) is 1. The Morgan fingerprint density at radius 2 is 2.12 bits per heavy atom. The third-order valence-electron chi connectivity index (χ3n) is 3.21. The molecule has 0 aliphatic carbocycles. The van der Waals surface area contributed by atoms with Crippen LogP contribution in [0, 0.1) is 0 Å². The Balaban J connectivity index is 2.67. The molecule has 1 unspecified atom stereocenters. The van der Waals surface area contributed by atoms with E-state index in [-0.39, 0.29) is 10.9 Å². The Bertz CT molecular complexity index is 510. The van der Waals surface area contributed by atoms with Gasteiger partial charge in [-0.05, 0) is 31.4 Å². The van der Waals surface area contributed by atoms with Gasteiger partial charge in [-0.2, -0.15) is 8.42 Å². The second-order valence-corrected chi connectivity index (χ2v) is 5.63. The van der Waals surface area contributed by atoms with Gasteiger partial charge in [-0.1, -0.05) is 12.1 Å². The van der Waals surface area contributed by atoms with Gasteiger partial charge in [0.25, 0.3) is 10.1 Å². The molecule has 1 atom stereocenters. The number of aryl methyl sites for hydroxylation is 1. The molecular formula is C11H15NO3S. The zero-order chi connectivity index (χ0) is 11.9. The van der Waals surface area contributed by atoms with E-state index in [0.717, 1.165) is 18.4 Å². The molecule has 0 amide bonds. The zero-order valence-electron chi connectivity index (χ0n) is 9.34. The van der Waals surface area contributed by atoms with Crippen molar-refractivity contribution in [3.05, 3.63) is 23.8 Å². The Labute approximate surface area is 95.6 Å². The molecule has 0 aromatic heterocycles. The summed E-state index contributed by atoms with van der Waals surface area (Å²) in [6, 6.07) is 5.32. The topological polar surface area (TPSA) is 57.6 Å². The van der Waals surface area contributed by atoms with Crippen LogP contribution < -0.4 is 4.90 Å². The van der Waals surface area contributed by atoms with Crippen molar-refractivity contribution in [2.75, 3.05) is 11.9 Å². The highest BCUT2D eigenvalue weighted by molar-refractivity contribution is 7.86. The van der Waals surface area contributed by atoms with Crippen LogP contribution in [-0.2, 0) is 16.5 Å². The lowest BCUT2D eigenvalue weighted by molar-refractivity contribution is 0.481. The summed E-state index contributed by atoms with van der Waals surface area (Å²) in [6.45, 7) is 2.05. The molecule has 1 aromatic carbocycles. The number of benzene rings is 1. The van der Waals surface area contributed by atoms with E-state index < -0.39 is 10.1 Å². The quantitative estimate of drug-likeness (QED) is 0.760. The van der Waals surface area contributed by atoms with Gasteiger partial charge in [0.05, 0.1) is 5.69 Å². The van der Waals surface area contributed by atoms with Crippen LogP contribution in [-0.4, -0.2) is 26.1 Å². The van der Waals surface area contributed by atoms with Gasteiger partial charge < -0.3 is 4.90 Å². The molecule has 0 saturated heterocycles. The van der Waals surface area contributed by atoms with E-state index in [9.17, 15) is 13.0 Å². The lowest BCUT2D eigenvalue weighted by Gasteiger charge is -2.34. The molecule has 0 saturated carbocycles. The molecule has 1 heterocycles. The summed E-state index contributed by atoms with van der Waals surface area (Å²) in [7, 11) is -2.28. The van der Waals surface area contributed by atoms with Gasteiger partial charge in [-0.15, -0.1) is 0 Å². The first-order valence-corrected chi connectivity index (χ1v) is 6.67. The van der Waals surface area contributed by atoms with Gasteiger partial charge in [-0.25, -0.2) is 0 Å². The Morgan fingerprint density at radius 1 is 1.44 bits per heavy atom. The van der Waals surface area contributed by atoms with Crippen molar-refractivity contribution in [3.8, 4) is 0 Å². The fourth-order valence-electron chi connectivity index (χ4n) is 2.16. The lowest BCUT2D eigenvalue weighted by Crippen LogP contribution is -2.34. The summed E-state index contributed by atoms with van der Waals surface area (Å²) in [5, 5.41) is 0. The second-order valence-electron chi connectivity index (χ2n) is 4.24. The van der Waals surface area contributed by atoms with Crippen LogP contribution in [0.1, 0.15) is 18.9 Å².